The second-order valence-corrected chi connectivity index (χ2v) is 5.61. The monoisotopic (exact) mass is 340 g/mol. The molecule has 0 saturated carbocycles. The average molecular weight is 340 g/mol. The van der Waals surface area contributed by atoms with Crippen LogP contribution in [0.1, 0.15) is 6.92 Å². The largest absolute Gasteiger partial charge is 0.376 e. The molecule has 134 valence electrons. The molecule has 9 nitrogen and oxygen atoms in total. The highest BCUT2D eigenvalue weighted by molar-refractivity contribution is 5.98. The molecule has 0 aromatic carbocycles. The molecule has 4 atom stereocenters. The first kappa shape index (κ1) is 18.7. The van der Waals surface area contributed by atoms with Crippen molar-refractivity contribution >= 4 is 5.91 Å². The van der Waals surface area contributed by atoms with Crippen molar-refractivity contribution in [2.24, 2.45) is 0 Å². The van der Waals surface area contributed by atoms with Gasteiger partial charge in [0, 0.05) is 25.8 Å². The van der Waals surface area contributed by atoms with Gasteiger partial charge in [0.25, 0.3) is 5.91 Å². The molecular formula is C15H24N4O5. The summed E-state index contributed by atoms with van der Waals surface area (Å²) in [6, 6.07) is 0. The van der Waals surface area contributed by atoms with Crippen molar-refractivity contribution in [2.45, 2.75) is 31.9 Å². The lowest BCUT2D eigenvalue weighted by Gasteiger charge is -2.35. The number of carbonyl (C=O) groups excluding carboxylic acids is 1. The molecule has 1 fully saturated rings. The summed E-state index contributed by atoms with van der Waals surface area (Å²) in [6.45, 7) is 3.21. The Labute approximate surface area is 140 Å². The Balaban J connectivity index is 2.01. The summed E-state index contributed by atoms with van der Waals surface area (Å²) in [6.07, 6.45) is -1.84. The molecule has 9 heteroatoms. The first-order valence-electron chi connectivity index (χ1n) is 7.75. The van der Waals surface area contributed by atoms with Crippen molar-refractivity contribution < 1.29 is 24.9 Å². The Hall–Kier alpha value is -1.67. The number of amides is 1. The Bertz CT molecular complexity index is 544. The standard InChI is InChI=1S/C15H24N4O5/c1-3-4-10-7-19(15(23)17-13(10)21)9-12(20)18(6-5-16-2)8-11-14(22)24-11/h7,11-12,14-16,20,22-23H,5-6,8-9H2,1-2H3,(H,17,21). The molecule has 2 aliphatic rings. The Morgan fingerprint density at radius 1 is 1.54 bits per heavy atom. The number of hydrogen-bond acceptors (Lipinski definition) is 8. The number of carbonyl (C=O) groups is 1. The van der Waals surface area contributed by atoms with Crippen LogP contribution >= 0.6 is 0 Å². The van der Waals surface area contributed by atoms with Gasteiger partial charge in [-0.25, -0.2) is 0 Å². The van der Waals surface area contributed by atoms with Crippen LogP contribution in [0, 0.1) is 11.8 Å². The van der Waals surface area contributed by atoms with E-state index in [1.165, 1.54) is 11.1 Å². The first-order valence-corrected chi connectivity index (χ1v) is 7.75. The number of nitrogens with zero attached hydrogens (tertiary/aromatic N) is 2. The van der Waals surface area contributed by atoms with Crippen molar-refractivity contribution in [1.82, 2.24) is 20.4 Å². The van der Waals surface area contributed by atoms with E-state index in [1.54, 1.807) is 18.9 Å². The predicted octanol–water partition coefficient (Wildman–Crippen LogP) is -2.84. The summed E-state index contributed by atoms with van der Waals surface area (Å²) < 4.78 is 4.98. The number of nitrogens with one attached hydrogen (secondary N) is 2. The predicted molar refractivity (Wildman–Crippen MR) is 84.8 cm³/mol. The zero-order valence-corrected chi connectivity index (χ0v) is 13.8. The van der Waals surface area contributed by atoms with Crippen molar-refractivity contribution in [3.63, 3.8) is 0 Å². The lowest BCUT2D eigenvalue weighted by atomic mass is 10.2. The highest BCUT2D eigenvalue weighted by Gasteiger charge is 2.39. The van der Waals surface area contributed by atoms with Crippen LogP contribution in [0.2, 0.25) is 0 Å². The van der Waals surface area contributed by atoms with Crippen LogP contribution in [0.4, 0.5) is 0 Å². The molecule has 4 unspecified atom stereocenters. The van der Waals surface area contributed by atoms with Gasteiger partial charge < -0.3 is 35.6 Å². The van der Waals surface area contributed by atoms with Crippen molar-refractivity contribution in [3.05, 3.63) is 11.8 Å². The molecule has 0 spiro atoms. The van der Waals surface area contributed by atoms with Crippen LogP contribution in [-0.4, -0.2) is 89.2 Å². The van der Waals surface area contributed by atoms with Crippen LogP contribution in [0.25, 0.3) is 0 Å². The molecule has 24 heavy (non-hydrogen) atoms. The highest BCUT2D eigenvalue weighted by Crippen LogP contribution is 2.21. The van der Waals surface area contributed by atoms with Crippen LogP contribution < -0.4 is 10.6 Å². The van der Waals surface area contributed by atoms with Gasteiger partial charge >= 0.3 is 0 Å². The topological polar surface area (TPSA) is 121 Å². The summed E-state index contributed by atoms with van der Waals surface area (Å²) in [7, 11) is 1.80. The van der Waals surface area contributed by atoms with E-state index in [9.17, 15) is 20.1 Å². The fourth-order valence-corrected chi connectivity index (χ4v) is 2.37. The second kappa shape index (κ2) is 8.43. The summed E-state index contributed by atoms with van der Waals surface area (Å²) in [5, 5.41) is 35.1. The number of likely N-dealkylation sites (N-methyl/N-ethyl adjacent to an activating group) is 1. The van der Waals surface area contributed by atoms with Gasteiger partial charge in [-0.2, -0.15) is 0 Å². The second-order valence-electron chi connectivity index (χ2n) is 5.61. The lowest BCUT2D eigenvalue weighted by molar-refractivity contribution is -0.128. The third-order valence-electron chi connectivity index (χ3n) is 3.79. The average Bonchev–Trinajstić information content (AvgIpc) is 3.23. The SMILES string of the molecule is CC#CC1=CN(CC(O)N(CCNC)CC2OC2O)C(O)NC1=O. The number of rotatable bonds is 8. The van der Waals surface area contributed by atoms with Gasteiger partial charge in [-0.1, -0.05) is 5.92 Å². The smallest absolute Gasteiger partial charge is 0.264 e. The Morgan fingerprint density at radius 3 is 2.83 bits per heavy atom. The number of β-amino-alcohol motifs (C(OH)–C–C–N with tert-alkyl or cyclic N) is 1. The number of aliphatic hydroxyl groups is 3. The lowest BCUT2D eigenvalue weighted by Crippen LogP contribution is -2.55. The summed E-state index contributed by atoms with van der Waals surface area (Å²) in [4.78, 5) is 14.8. The molecule has 0 aromatic rings. The molecule has 0 bridgehead atoms. The van der Waals surface area contributed by atoms with E-state index in [0.717, 1.165) is 0 Å². The molecule has 0 radical (unpaired) electrons. The number of hydrogen-bond donors (Lipinski definition) is 5. The zero-order valence-electron chi connectivity index (χ0n) is 13.8. The molecule has 0 aromatic heterocycles. The van der Waals surface area contributed by atoms with Gasteiger partial charge in [0.15, 0.2) is 6.29 Å². The van der Waals surface area contributed by atoms with Crippen molar-refractivity contribution in [1.29, 1.82) is 0 Å². The van der Waals surface area contributed by atoms with Gasteiger partial charge in [-0.05, 0) is 14.0 Å². The van der Waals surface area contributed by atoms with E-state index < -0.39 is 24.8 Å². The van der Waals surface area contributed by atoms with Gasteiger partial charge in [-0.15, -0.1) is 5.92 Å². The van der Waals surface area contributed by atoms with Gasteiger partial charge in [0.05, 0.1) is 6.54 Å². The fraction of sp³-hybridized carbons (Fsp3) is 0.667. The Morgan fingerprint density at radius 2 is 2.25 bits per heavy atom. The molecule has 2 heterocycles. The molecule has 5 N–H and O–H groups in total. The van der Waals surface area contributed by atoms with Crippen molar-refractivity contribution in [3.8, 4) is 11.8 Å². The van der Waals surface area contributed by atoms with Gasteiger partial charge in [0.1, 0.15) is 17.9 Å². The van der Waals surface area contributed by atoms with E-state index in [4.69, 9.17) is 4.74 Å². The van der Waals surface area contributed by atoms with E-state index >= 15 is 0 Å². The summed E-state index contributed by atoms with van der Waals surface area (Å²) in [5.41, 5.74) is 0.220. The zero-order chi connectivity index (χ0) is 17.7. The molecule has 2 aliphatic heterocycles. The van der Waals surface area contributed by atoms with Crippen LogP contribution in [-0.2, 0) is 9.53 Å². The van der Waals surface area contributed by atoms with Crippen LogP contribution in [0.15, 0.2) is 11.8 Å². The quantitative estimate of drug-likeness (QED) is 0.182. The van der Waals surface area contributed by atoms with E-state index in [-0.39, 0.29) is 18.2 Å². The van der Waals surface area contributed by atoms with E-state index in [0.29, 0.717) is 19.6 Å². The normalized spacial score (nSPS) is 27.2. The fourth-order valence-electron chi connectivity index (χ4n) is 2.37. The number of aliphatic hydroxyl groups excluding tert-OH is 3. The van der Waals surface area contributed by atoms with Crippen LogP contribution in [0.5, 0.6) is 0 Å². The molecule has 1 saturated heterocycles. The van der Waals surface area contributed by atoms with E-state index in [2.05, 4.69) is 22.5 Å². The maximum Gasteiger partial charge on any atom is 0.264 e. The maximum absolute atomic E-state index is 11.7. The van der Waals surface area contributed by atoms with Crippen LogP contribution in [0.3, 0.4) is 0 Å². The number of ether oxygens (including phenoxy) is 1. The van der Waals surface area contributed by atoms with Crippen molar-refractivity contribution in [2.75, 3.05) is 33.2 Å². The van der Waals surface area contributed by atoms with E-state index in [1.807, 2.05) is 0 Å². The molecule has 1 amide bonds. The van der Waals surface area contributed by atoms with Gasteiger partial charge in [-0.3, -0.25) is 9.69 Å². The first-order chi connectivity index (χ1) is 11.5. The molecule has 0 aliphatic carbocycles. The maximum atomic E-state index is 11.7. The third kappa shape index (κ3) is 4.91. The minimum absolute atomic E-state index is 0.0584. The Kier molecular flexibility index (Phi) is 6.56. The van der Waals surface area contributed by atoms with Gasteiger partial charge in [0.2, 0.25) is 6.35 Å². The number of epoxide rings is 1. The highest BCUT2D eigenvalue weighted by atomic mass is 16.7. The molecule has 2 rings (SSSR count). The summed E-state index contributed by atoms with van der Waals surface area (Å²) in [5.74, 6) is 4.84. The molecular weight excluding hydrogens is 316 g/mol. The minimum Gasteiger partial charge on any atom is -0.376 e. The minimum atomic E-state index is -1.23. The summed E-state index contributed by atoms with van der Waals surface area (Å²) >= 11 is 0. The third-order valence-corrected chi connectivity index (χ3v) is 3.79.